The van der Waals surface area contributed by atoms with Crippen molar-refractivity contribution in [3.63, 3.8) is 0 Å². The van der Waals surface area contributed by atoms with Gasteiger partial charge in [0.2, 0.25) is 12.3 Å². The Balaban J connectivity index is 0.000000787. The van der Waals surface area contributed by atoms with Gasteiger partial charge in [-0.15, -0.1) is 12.8 Å². The summed E-state index contributed by atoms with van der Waals surface area (Å²) >= 11 is 0. The topological polar surface area (TPSA) is 117 Å². The minimum atomic E-state index is -2.70. The molecule has 1 aromatic rings. The lowest BCUT2D eigenvalue weighted by atomic mass is 9.70. The number of rotatable bonds is 10. The smallest absolute Gasteiger partial charge is 0.323 e. The number of ether oxygens (including phenoxy) is 1. The summed E-state index contributed by atoms with van der Waals surface area (Å²) in [7, 11) is 1.70. The second-order valence-electron chi connectivity index (χ2n) is 10.7. The summed E-state index contributed by atoms with van der Waals surface area (Å²) in [5.74, 6) is -1.98. The molecule has 0 radical (unpaired) electrons. The maximum atomic E-state index is 13.9. The number of urea groups is 1. The molecule has 0 saturated heterocycles. The van der Waals surface area contributed by atoms with E-state index in [1.807, 2.05) is 6.20 Å². The number of carbonyl (C=O) groups excluding carboxylic acids is 2. The molecule has 4 aliphatic rings. The number of hydrogen-bond donors (Lipinski definition) is 4. The van der Waals surface area contributed by atoms with Gasteiger partial charge in [-0.25, -0.2) is 13.6 Å². The largest absolute Gasteiger partial charge is 0.504 e. The Labute approximate surface area is 229 Å². The van der Waals surface area contributed by atoms with Crippen molar-refractivity contribution in [2.75, 3.05) is 13.7 Å². The molecule has 1 aromatic carbocycles. The minimum absolute atomic E-state index is 0.0254. The van der Waals surface area contributed by atoms with Crippen LogP contribution >= 0.6 is 0 Å². The molecule has 1 heterocycles. The van der Waals surface area contributed by atoms with E-state index in [2.05, 4.69) is 36.1 Å². The van der Waals surface area contributed by atoms with Crippen LogP contribution in [0.1, 0.15) is 70.3 Å². The fourth-order valence-electron chi connectivity index (χ4n) is 5.66. The Kier molecular flexibility index (Phi) is 9.49. The Morgan fingerprint density at radius 2 is 1.92 bits per heavy atom. The minimum Gasteiger partial charge on any atom is -0.504 e. The molecule has 3 aliphatic carbocycles. The third kappa shape index (κ3) is 6.47. The number of halogens is 2. The summed E-state index contributed by atoms with van der Waals surface area (Å²) < 4.78 is 33.6. The average Bonchev–Trinajstić information content (AvgIpc) is 3.83. The van der Waals surface area contributed by atoms with E-state index in [1.54, 1.807) is 30.1 Å². The number of likely N-dealkylation sites (N-methyl/N-ethyl adjacent to an activating group) is 1. The molecule has 0 bridgehead atoms. The van der Waals surface area contributed by atoms with Gasteiger partial charge < -0.3 is 20.9 Å². The van der Waals surface area contributed by atoms with Crippen molar-refractivity contribution in [1.82, 2.24) is 15.5 Å². The number of primary amides is 1. The highest BCUT2D eigenvalue weighted by Crippen LogP contribution is 2.54. The number of aromatic hydroxyl groups is 1. The van der Waals surface area contributed by atoms with E-state index in [9.17, 15) is 18.7 Å². The summed E-state index contributed by atoms with van der Waals surface area (Å²) in [6, 6.07) is 4.81. The van der Waals surface area contributed by atoms with Crippen molar-refractivity contribution < 1.29 is 28.2 Å². The summed E-state index contributed by atoms with van der Waals surface area (Å²) in [6.45, 7) is 2.64. The zero-order valence-electron chi connectivity index (χ0n) is 22.7. The molecule has 3 fully saturated rings. The van der Waals surface area contributed by atoms with Gasteiger partial charge in [0.1, 0.15) is 5.66 Å². The second kappa shape index (κ2) is 12.2. The summed E-state index contributed by atoms with van der Waals surface area (Å²) in [6.07, 6.45) is 16.7. The molecule has 0 spiro atoms. The summed E-state index contributed by atoms with van der Waals surface area (Å²) in [5, 5.41) is 17.0. The van der Waals surface area contributed by atoms with Gasteiger partial charge in [0, 0.05) is 30.1 Å². The zero-order valence-corrected chi connectivity index (χ0v) is 22.7. The van der Waals surface area contributed by atoms with E-state index >= 15 is 0 Å². The first-order chi connectivity index (χ1) is 18.6. The van der Waals surface area contributed by atoms with Crippen molar-refractivity contribution in [3.05, 3.63) is 35.5 Å². The van der Waals surface area contributed by atoms with Gasteiger partial charge in [0.05, 0.1) is 6.61 Å². The highest BCUT2D eigenvalue weighted by Gasteiger charge is 2.57. The van der Waals surface area contributed by atoms with Crippen molar-refractivity contribution in [2.24, 2.45) is 17.6 Å². The van der Waals surface area contributed by atoms with Crippen LogP contribution in [0.25, 0.3) is 0 Å². The number of amides is 3. The number of hydrogen-bond acceptors (Lipinski definition) is 5. The molecule has 214 valence electrons. The van der Waals surface area contributed by atoms with Gasteiger partial charge in [0.15, 0.2) is 11.5 Å². The van der Waals surface area contributed by atoms with Gasteiger partial charge in [-0.05, 0) is 62.3 Å². The maximum Gasteiger partial charge on any atom is 0.323 e. The van der Waals surface area contributed by atoms with Crippen molar-refractivity contribution in [1.29, 1.82) is 0 Å². The molecule has 10 heteroatoms. The van der Waals surface area contributed by atoms with Crippen LogP contribution in [0.4, 0.5) is 13.6 Å². The number of nitrogens with one attached hydrogen (secondary N) is 2. The highest BCUT2D eigenvalue weighted by atomic mass is 19.3. The number of carbonyl (C=O) groups is 2. The molecule has 0 unspecified atom stereocenters. The number of nitrogens with zero attached hydrogens (tertiary/aromatic N) is 1. The first-order valence-corrected chi connectivity index (χ1v) is 13.5. The molecule has 0 aromatic heterocycles. The summed E-state index contributed by atoms with van der Waals surface area (Å²) in [5.41, 5.74) is 4.07. The molecule has 5 N–H and O–H groups in total. The molecule has 3 saturated carbocycles. The van der Waals surface area contributed by atoms with Gasteiger partial charge in [-0.3, -0.25) is 15.0 Å². The van der Waals surface area contributed by atoms with Crippen molar-refractivity contribution in [2.45, 2.75) is 81.8 Å². The van der Waals surface area contributed by atoms with Crippen LogP contribution < -0.4 is 21.1 Å². The maximum absolute atomic E-state index is 13.9. The third-order valence-corrected chi connectivity index (χ3v) is 8.05. The summed E-state index contributed by atoms with van der Waals surface area (Å²) in [4.78, 5) is 23.7. The van der Waals surface area contributed by atoms with Gasteiger partial charge in [-0.1, -0.05) is 32.3 Å². The van der Waals surface area contributed by atoms with E-state index in [4.69, 9.17) is 9.53 Å². The number of alkyl halides is 2. The highest BCUT2D eigenvalue weighted by molar-refractivity contribution is 5.80. The molecule has 5 rings (SSSR count). The van der Waals surface area contributed by atoms with Crippen LogP contribution in [-0.4, -0.2) is 47.6 Å². The van der Waals surface area contributed by atoms with Crippen LogP contribution in [-0.2, 0) is 10.5 Å². The first-order valence-electron chi connectivity index (χ1n) is 13.5. The first kappa shape index (κ1) is 30.2. The number of benzene rings is 1. The molecule has 1 aliphatic heterocycles. The van der Waals surface area contributed by atoms with Gasteiger partial charge >= 0.3 is 6.03 Å². The number of phenolic OH excluding ortho intramolecular Hbond substituents is 1. The monoisotopic (exact) mass is 546 g/mol. The van der Waals surface area contributed by atoms with Gasteiger partial charge in [0.25, 0.3) is 0 Å². The predicted octanol–water partition coefficient (Wildman–Crippen LogP) is 4.58. The van der Waals surface area contributed by atoms with Crippen molar-refractivity contribution in [3.8, 4) is 24.3 Å². The van der Waals surface area contributed by atoms with Crippen LogP contribution in [0.15, 0.2) is 30.0 Å². The average molecular weight is 547 g/mol. The molecule has 39 heavy (non-hydrogen) atoms. The number of phenols is 1. The SMILES string of the molecule is C#C.CCCC1(N2C=C(C3CC(F)(F)C3)[C@](NC)(c3ccc(OCCC4CC4)c(O)c3)NC2=O)CC1.NC=O. The zero-order chi connectivity index (χ0) is 28.8. The lowest BCUT2D eigenvalue weighted by Gasteiger charge is -2.50. The second-order valence-corrected chi connectivity index (χ2v) is 10.7. The van der Waals surface area contributed by atoms with Crippen molar-refractivity contribution >= 4 is 12.4 Å². The van der Waals surface area contributed by atoms with E-state index in [0.29, 0.717) is 23.5 Å². The predicted molar refractivity (Wildman–Crippen MR) is 145 cm³/mol. The third-order valence-electron chi connectivity index (χ3n) is 8.05. The molecular formula is C29H40F2N4O4. The normalized spacial score (nSPS) is 24.4. The fraction of sp³-hybridized carbons (Fsp3) is 0.586. The van der Waals surface area contributed by atoms with E-state index in [1.165, 1.54) is 12.8 Å². The van der Waals surface area contributed by atoms with Crippen LogP contribution in [0, 0.1) is 24.7 Å². The van der Waals surface area contributed by atoms with Crippen LogP contribution in [0.2, 0.25) is 0 Å². The fourth-order valence-corrected chi connectivity index (χ4v) is 5.66. The van der Waals surface area contributed by atoms with Crippen LogP contribution in [0.5, 0.6) is 11.5 Å². The standard InChI is InChI=1S/C26H35F2N3O3.C2H2.CH3NO/c1-3-9-24(10-11-24)31-16-20(18-14-25(27,28)15-18)26(29-2,30-23(31)33)19-6-7-22(21(32)13-19)34-12-8-17-4-5-17;1-2;2-1-3/h6-7,13,16-18,29,32H,3-5,8-12,14-15H2,1-2H3,(H,30,33);1-2H;1H,(H2,2,3)/t26-;;/m0../s1. The molecule has 1 atom stereocenters. The quantitative estimate of drug-likeness (QED) is 0.253. The van der Waals surface area contributed by atoms with E-state index in [0.717, 1.165) is 38.0 Å². The van der Waals surface area contributed by atoms with Gasteiger partial charge in [-0.2, -0.15) is 0 Å². The molecule has 3 amide bonds. The van der Waals surface area contributed by atoms with Crippen LogP contribution in [0.3, 0.4) is 0 Å². The lowest BCUT2D eigenvalue weighted by molar-refractivity contribution is -0.107. The Hall–Kier alpha value is -3.32. The Morgan fingerprint density at radius 3 is 2.41 bits per heavy atom. The number of terminal acetylenes is 1. The molecule has 8 nitrogen and oxygen atoms in total. The Bertz CT molecular complexity index is 1080. The Morgan fingerprint density at radius 1 is 1.28 bits per heavy atom. The van der Waals surface area contributed by atoms with E-state index < -0.39 is 11.6 Å². The molecular weight excluding hydrogens is 506 g/mol. The van der Waals surface area contributed by atoms with E-state index in [-0.39, 0.29) is 42.5 Å². The lowest BCUT2D eigenvalue weighted by Crippen LogP contribution is -2.65. The number of nitrogens with two attached hydrogens (primary N) is 1.